The van der Waals surface area contributed by atoms with Gasteiger partial charge in [0.05, 0.1) is 19.5 Å². The predicted molar refractivity (Wildman–Crippen MR) is 45.3 cm³/mol. The first-order valence-electron chi connectivity index (χ1n) is 4.00. The minimum Gasteiger partial charge on any atom is -0.331 e. The molecule has 1 aliphatic heterocycles. The van der Waals surface area contributed by atoms with Gasteiger partial charge >= 0.3 is 6.03 Å². The average Bonchev–Trinajstić information content (AvgIpc) is 2.01. The van der Waals surface area contributed by atoms with Gasteiger partial charge in [-0.3, -0.25) is 9.59 Å². The summed E-state index contributed by atoms with van der Waals surface area (Å²) in [5.41, 5.74) is 0. The summed E-state index contributed by atoms with van der Waals surface area (Å²) in [6.07, 6.45) is -0.0305. The van der Waals surface area contributed by atoms with E-state index in [0.717, 1.165) is 0 Å². The molecule has 0 N–H and O–H groups in total. The van der Waals surface area contributed by atoms with Crippen LogP contribution in [-0.4, -0.2) is 54.6 Å². The van der Waals surface area contributed by atoms with E-state index < -0.39 is 0 Å². The fourth-order valence-corrected chi connectivity index (χ4v) is 1.23. The second-order valence-electron chi connectivity index (χ2n) is 3.29. The van der Waals surface area contributed by atoms with Crippen LogP contribution in [0.15, 0.2) is 0 Å². The molecule has 0 spiro atoms. The van der Waals surface area contributed by atoms with E-state index in [2.05, 4.69) is 0 Å². The number of ketones is 2. The Balaban J connectivity index is 2.65. The highest BCUT2D eigenvalue weighted by Crippen LogP contribution is 2.04. The van der Waals surface area contributed by atoms with Crippen molar-refractivity contribution in [2.24, 2.45) is 0 Å². The van der Waals surface area contributed by atoms with Gasteiger partial charge in [0.25, 0.3) is 0 Å². The van der Waals surface area contributed by atoms with Crippen molar-refractivity contribution in [2.45, 2.75) is 6.42 Å². The molecule has 0 saturated carbocycles. The second-order valence-corrected chi connectivity index (χ2v) is 3.29. The van der Waals surface area contributed by atoms with Crippen LogP contribution in [0, 0.1) is 0 Å². The molecule has 0 unspecified atom stereocenters. The topological polar surface area (TPSA) is 57.7 Å². The maximum Gasteiger partial charge on any atom is 0.320 e. The van der Waals surface area contributed by atoms with E-state index in [4.69, 9.17) is 0 Å². The Hall–Kier alpha value is -1.39. The summed E-state index contributed by atoms with van der Waals surface area (Å²) in [4.78, 5) is 35.9. The second kappa shape index (κ2) is 3.55. The van der Waals surface area contributed by atoms with Gasteiger partial charge in [-0.2, -0.15) is 0 Å². The highest BCUT2D eigenvalue weighted by Gasteiger charge is 2.27. The van der Waals surface area contributed by atoms with Gasteiger partial charge in [-0.15, -0.1) is 0 Å². The predicted octanol–water partition coefficient (Wildman–Crippen LogP) is -0.488. The minimum absolute atomic E-state index is 0.0305. The lowest BCUT2D eigenvalue weighted by molar-refractivity contribution is -0.131. The van der Waals surface area contributed by atoms with Crippen molar-refractivity contribution in [1.82, 2.24) is 9.80 Å². The number of carbonyl (C=O) groups is 3. The molecule has 1 saturated heterocycles. The number of urea groups is 1. The number of nitrogens with zero attached hydrogens (tertiary/aromatic N) is 2. The lowest BCUT2D eigenvalue weighted by Gasteiger charge is -2.27. The van der Waals surface area contributed by atoms with Crippen molar-refractivity contribution in [2.75, 3.05) is 27.2 Å². The van der Waals surface area contributed by atoms with Gasteiger partial charge in [-0.05, 0) is 0 Å². The fourth-order valence-electron chi connectivity index (χ4n) is 1.23. The van der Waals surface area contributed by atoms with Crippen molar-refractivity contribution >= 4 is 17.6 Å². The highest BCUT2D eigenvalue weighted by molar-refractivity contribution is 6.05. The number of piperidine rings is 1. The summed E-state index contributed by atoms with van der Waals surface area (Å²) >= 11 is 0. The quantitative estimate of drug-likeness (QED) is 0.477. The largest absolute Gasteiger partial charge is 0.331 e. The van der Waals surface area contributed by atoms with Gasteiger partial charge in [0.1, 0.15) is 0 Å². The zero-order valence-corrected chi connectivity index (χ0v) is 7.74. The first-order valence-corrected chi connectivity index (χ1v) is 4.00. The molecule has 1 heterocycles. The normalized spacial score (nSPS) is 17.5. The van der Waals surface area contributed by atoms with Crippen LogP contribution in [0.4, 0.5) is 4.79 Å². The maximum atomic E-state index is 11.3. The average molecular weight is 184 g/mol. The van der Waals surface area contributed by atoms with Crippen molar-refractivity contribution in [3.63, 3.8) is 0 Å². The zero-order valence-electron chi connectivity index (χ0n) is 7.74. The summed E-state index contributed by atoms with van der Waals surface area (Å²) in [6, 6.07) is -0.290. The summed E-state index contributed by atoms with van der Waals surface area (Å²) < 4.78 is 0. The van der Waals surface area contributed by atoms with Gasteiger partial charge in [-0.25, -0.2) is 4.79 Å². The Morgan fingerprint density at radius 2 is 1.69 bits per heavy atom. The Morgan fingerprint density at radius 1 is 1.23 bits per heavy atom. The number of Topliss-reactive ketones (excluding diaryl/α,β-unsaturated/α-hetero) is 2. The molecule has 0 atom stereocenters. The Kier molecular flexibility index (Phi) is 2.65. The van der Waals surface area contributed by atoms with E-state index in [0.29, 0.717) is 0 Å². The molecule has 72 valence electrons. The number of carbonyl (C=O) groups excluding carboxylic acids is 3. The third-order valence-corrected chi connectivity index (χ3v) is 1.78. The van der Waals surface area contributed by atoms with Gasteiger partial charge in [0.15, 0.2) is 11.6 Å². The molecular weight excluding hydrogens is 172 g/mol. The fraction of sp³-hybridized carbons (Fsp3) is 0.625. The molecule has 13 heavy (non-hydrogen) atoms. The summed E-state index contributed by atoms with van der Waals surface area (Å²) in [5.74, 6) is -0.377. The van der Waals surface area contributed by atoms with Crippen LogP contribution in [0.25, 0.3) is 0 Å². The summed E-state index contributed by atoms with van der Waals surface area (Å²) in [7, 11) is 3.18. The van der Waals surface area contributed by atoms with Crippen molar-refractivity contribution in [3.05, 3.63) is 0 Å². The smallest absolute Gasteiger partial charge is 0.320 e. The summed E-state index contributed by atoms with van der Waals surface area (Å²) in [6.45, 7) is 0.117. The van der Waals surface area contributed by atoms with Crippen molar-refractivity contribution < 1.29 is 14.4 Å². The Morgan fingerprint density at radius 3 is 2.08 bits per heavy atom. The molecule has 0 aromatic carbocycles. The first-order chi connectivity index (χ1) is 6.00. The number of hydrogen-bond acceptors (Lipinski definition) is 3. The van der Waals surface area contributed by atoms with Crippen molar-refractivity contribution in [1.29, 1.82) is 0 Å². The molecule has 2 amide bonds. The monoisotopic (exact) mass is 184 g/mol. The SMILES string of the molecule is CN(C)C(=O)N1CC(=O)CC(=O)C1. The van der Waals surface area contributed by atoms with E-state index in [-0.39, 0.29) is 37.1 Å². The number of likely N-dealkylation sites (tertiary alicyclic amines) is 1. The molecular formula is C8H12N2O3. The van der Waals surface area contributed by atoms with Gasteiger partial charge < -0.3 is 9.80 Å². The minimum atomic E-state index is -0.290. The first kappa shape index (κ1) is 9.70. The lowest BCUT2D eigenvalue weighted by atomic mass is 10.1. The van der Waals surface area contributed by atoms with Crippen LogP contribution in [0.5, 0.6) is 0 Å². The standard InChI is InChI=1S/C8H12N2O3/c1-9(2)8(13)10-4-6(11)3-7(12)5-10/h3-5H2,1-2H3. The van der Waals surface area contributed by atoms with Crippen molar-refractivity contribution in [3.8, 4) is 0 Å². The highest BCUT2D eigenvalue weighted by atomic mass is 16.2. The van der Waals surface area contributed by atoms with E-state index in [1.165, 1.54) is 9.80 Å². The molecule has 0 bridgehead atoms. The molecule has 1 aliphatic rings. The Labute approximate surface area is 76.3 Å². The van der Waals surface area contributed by atoms with Crippen LogP contribution in [0.3, 0.4) is 0 Å². The number of hydrogen-bond donors (Lipinski definition) is 0. The third-order valence-electron chi connectivity index (χ3n) is 1.78. The molecule has 0 aromatic heterocycles. The van der Waals surface area contributed by atoms with E-state index in [1.807, 2.05) is 0 Å². The Bertz CT molecular complexity index is 244. The van der Waals surface area contributed by atoms with E-state index in [9.17, 15) is 14.4 Å². The van der Waals surface area contributed by atoms with Crippen LogP contribution >= 0.6 is 0 Å². The van der Waals surface area contributed by atoms with Crippen LogP contribution < -0.4 is 0 Å². The lowest BCUT2D eigenvalue weighted by Crippen LogP contribution is -2.48. The van der Waals surface area contributed by atoms with Gasteiger partial charge in [0, 0.05) is 14.1 Å². The van der Waals surface area contributed by atoms with Crippen LogP contribution in [0.2, 0.25) is 0 Å². The molecule has 0 aromatic rings. The van der Waals surface area contributed by atoms with Crippen LogP contribution in [-0.2, 0) is 9.59 Å². The van der Waals surface area contributed by atoms with Gasteiger partial charge in [0.2, 0.25) is 0 Å². The molecule has 1 rings (SSSR count). The molecule has 5 nitrogen and oxygen atoms in total. The van der Waals surface area contributed by atoms with E-state index >= 15 is 0 Å². The van der Waals surface area contributed by atoms with E-state index in [1.54, 1.807) is 14.1 Å². The summed E-state index contributed by atoms with van der Waals surface area (Å²) in [5, 5.41) is 0. The molecule has 5 heteroatoms. The molecule has 0 radical (unpaired) electrons. The van der Waals surface area contributed by atoms with Crippen LogP contribution in [0.1, 0.15) is 6.42 Å². The van der Waals surface area contributed by atoms with Gasteiger partial charge in [-0.1, -0.05) is 0 Å². The maximum absolute atomic E-state index is 11.3. The molecule has 1 fully saturated rings. The third kappa shape index (κ3) is 2.27. The molecule has 0 aliphatic carbocycles. The number of rotatable bonds is 0. The number of amides is 2. The zero-order chi connectivity index (χ0) is 10.0.